The van der Waals surface area contributed by atoms with E-state index < -0.39 is 21.0 Å². The average Bonchev–Trinajstić information content (AvgIpc) is 2.69. The number of nitrogens with zero attached hydrogens (tertiary/aromatic N) is 2. The van der Waals surface area contributed by atoms with Crippen LogP contribution in [-0.4, -0.2) is 29.1 Å². The molecule has 3 unspecified atom stereocenters. The Bertz CT molecular complexity index is 742. The molecule has 1 aromatic rings. The van der Waals surface area contributed by atoms with Crippen molar-refractivity contribution < 1.29 is 13.3 Å². The summed E-state index contributed by atoms with van der Waals surface area (Å²) >= 11 is 6.23. The summed E-state index contributed by atoms with van der Waals surface area (Å²) in [6, 6.07) is 4.38. The SMILES string of the molecule is O=[N+]([O-])c1ccc(S(=O)(=O)N2C=CC3C=CC2C3Cl)cc1. The van der Waals surface area contributed by atoms with Gasteiger partial charge in [0, 0.05) is 24.3 Å². The minimum Gasteiger partial charge on any atom is -0.265 e. The summed E-state index contributed by atoms with van der Waals surface area (Å²) in [5, 5.41) is 10.3. The van der Waals surface area contributed by atoms with Crippen LogP contribution in [0.4, 0.5) is 5.69 Å². The van der Waals surface area contributed by atoms with E-state index in [0.29, 0.717) is 0 Å². The molecule has 0 N–H and O–H groups in total. The molecule has 6 nitrogen and oxygen atoms in total. The number of non-ortho nitro benzene ring substituents is 1. The zero-order valence-corrected chi connectivity index (χ0v) is 12.2. The van der Waals surface area contributed by atoms with Gasteiger partial charge >= 0.3 is 0 Å². The lowest BCUT2D eigenvalue weighted by molar-refractivity contribution is -0.384. The Morgan fingerprint density at radius 2 is 1.81 bits per heavy atom. The second-order valence-electron chi connectivity index (χ2n) is 4.82. The Balaban J connectivity index is 1.97. The zero-order valence-electron chi connectivity index (χ0n) is 10.7. The van der Waals surface area contributed by atoms with E-state index in [4.69, 9.17) is 11.6 Å². The van der Waals surface area contributed by atoms with Crippen LogP contribution in [0.5, 0.6) is 0 Å². The van der Waals surface area contributed by atoms with E-state index in [2.05, 4.69) is 0 Å². The van der Waals surface area contributed by atoms with Gasteiger partial charge in [0.05, 0.1) is 21.2 Å². The van der Waals surface area contributed by atoms with Gasteiger partial charge in [-0.25, -0.2) is 8.42 Å². The van der Waals surface area contributed by atoms with E-state index in [0.717, 1.165) is 0 Å². The van der Waals surface area contributed by atoms with Crippen molar-refractivity contribution in [3.05, 3.63) is 58.8 Å². The zero-order chi connectivity index (χ0) is 15.2. The fourth-order valence-corrected chi connectivity index (χ4v) is 4.38. The molecule has 21 heavy (non-hydrogen) atoms. The molecular formula is C13H11ClN2O4S. The summed E-state index contributed by atoms with van der Waals surface area (Å²) in [5.74, 6) is 0.0416. The summed E-state index contributed by atoms with van der Waals surface area (Å²) in [5.41, 5.74) is -0.154. The number of benzene rings is 1. The van der Waals surface area contributed by atoms with Gasteiger partial charge in [0.25, 0.3) is 15.7 Å². The van der Waals surface area contributed by atoms with Gasteiger partial charge in [0.1, 0.15) is 0 Å². The third-order valence-electron chi connectivity index (χ3n) is 3.60. The molecule has 110 valence electrons. The van der Waals surface area contributed by atoms with Crippen molar-refractivity contribution in [2.75, 3.05) is 0 Å². The molecule has 2 aliphatic rings. The molecule has 1 aliphatic heterocycles. The van der Waals surface area contributed by atoms with Gasteiger partial charge in [-0.05, 0) is 12.1 Å². The van der Waals surface area contributed by atoms with Crippen molar-refractivity contribution in [3.63, 3.8) is 0 Å². The molecule has 8 heteroatoms. The van der Waals surface area contributed by atoms with Crippen LogP contribution in [-0.2, 0) is 10.0 Å². The average molecular weight is 327 g/mol. The molecule has 0 aromatic heterocycles. The minimum absolute atomic E-state index is 0.000340. The van der Waals surface area contributed by atoms with Gasteiger partial charge in [-0.1, -0.05) is 18.2 Å². The minimum atomic E-state index is -3.78. The summed E-state index contributed by atoms with van der Waals surface area (Å²) < 4.78 is 26.4. The van der Waals surface area contributed by atoms with Crippen LogP contribution in [0, 0.1) is 16.0 Å². The van der Waals surface area contributed by atoms with Gasteiger partial charge in [0.15, 0.2) is 0 Å². The van der Waals surface area contributed by atoms with E-state index >= 15 is 0 Å². The predicted molar refractivity (Wildman–Crippen MR) is 77.3 cm³/mol. The number of alkyl halides is 1. The van der Waals surface area contributed by atoms with Gasteiger partial charge in [-0.3, -0.25) is 14.4 Å². The van der Waals surface area contributed by atoms with Crippen molar-refractivity contribution in [2.24, 2.45) is 5.92 Å². The first-order valence-corrected chi connectivity index (χ1v) is 8.07. The largest absolute Gasteiger partial charge is 0.269 e. The number of nitro groups is 1. The number of hydrogen-bond donors (Lipinski definition) is 0. The van der Waals surface area contributed by atoms with Crippen LogP contribution >= 0.6 is 11.6 Å². The highest BCUT2D eigenvalue weighted by Crippen LogP contribution is 2.36. The van der Waals surface area contributed by atoms with E-state index in [-0.39, 0.29) is 21.9 Å². The van der Waals surface area contributed by atoms with Crippen LogP contribution in [0.25, 0.3) is 0 Å². The Morgan fingerprint density at radius 3 is 2.43 bits per heavy atom. The molecule has 0 amide bonds. The Kier molecular flexibility index (Phi) is 3.26. The van der Waals surface area contributed by atoms with Crippen LogP contribution in [0.15, 0.2) is 53.6 Å². The van der Waals surface area contributed by atoms with Crippen molar-refractivity contribution in [3.8, 4) is 0 Å². The molecule has 3 atom stereocenters. The lowest BCUT2D eigenvalue weighted by atomic mass is 10.1. The van der Waals surface area contributed by atoms with E-state index in [1.165, 1.54) is 34.8 Å². The molecule has 0 spiro atoms. The van der Waals surface area contributed by atoms with Crippen molar-refractivity contribution in [1.82, 2.24) is 4.31 Å². The van der Waals surface area contributed by atoms with Gasteiger partial charge < -0.3 is 0 Å². The number of nitro benzene ring substituents is 1. The first-order valence-electron chi connectivity index (χ1n) is 6.20. The van der Waals surface area contributed by atoms with Gasteiger partial charge in [-0.15, -0.1) is 11.6 Å². The Labute approximate surface area is 126 Å². The maximum absolute atomic E-state index is 12.6. The van der Waals surface area contributed by atoms with Crippen LogP contribution in [0.3, 0.4) is 0 Å². The molecule has 2 bridgehead atoms. The molecule has 3 rings (SSSR count). The highest BCUT2D eigenvalue weighted by Gasteiger charge is 2.40. The monoisotopic (exact) mass is 326 g/mol. The number of halogens is 1. The van der Waals surface area contributed by atoms with Crippen LogP contribution < -0.4 is 0 Å². The standard InChI is InChI=1S/C13H11ClN2O4S/c14-13-9-1-6-12(13)15(8-7-9)21(19,20)11-4-2-10(3-5-11)16(17)18/h1-9,12-13H. The number of fused-ring (bicyclic) bond motifs is 2. The third-order valence-corrected chi connectivity index (χ3v) is 5.93. The molecule has 0 fully saturated rings. The second kappa shape index (κ2) is 4.85. The predicted octanol–water partition coefficient (Wildman–Crippen LogP) is 2.27. The van der Waals surface area contributed by atoms with E-state index in [1.807, 2.05) is 6.08 Å². The van der Waals surface area contributed by atoms with E-state index in [9.17, 15) is 18.5 Å². The molecule has 1 aliphatic carbocycles. The van der Waals surface area contributed by atoms with Gasteiger partial charge in [0.2, 0.25) is 0 Å². The summed E-state index contributed by atoms with van der Waals surface area (Å²) in [6.07, 6.45) is 6.89. The van der Waals surface area contributed by atoms with Crippen molar-refractivity contribution in [2.45, 2.75) is 16.3 Å². The van der Waals surface area contributed by atoms with Gasteiger partial charge in [-0.2, -0.15) is 0 Å². The maximum Gasteiger partial charge on any atom is 0.269 e. The molecule has 0 saturated carbocycles. The summed E-state index contributed by atoms with van der Waals surface area (Å²) in [4.78, 5) is 10.0. The Hall–Kier alpha value is -1.86. The third kappa shape index (κ3) is 2.22. The normalized spacial score (nSPS) is 27.1. The lowest BCUT2D eigenvalue weighted by Gasteiger charge is -2.32. The molecule has 0 radical (unpaired) electrons. The molecule has 1 heterocycles. The summed E-state index contributed by atoms with van der Waals surface area (Å²) in [6.45, 7) is 0. The first-order chi connectivity index (χ1) is 9.91. The maximum atomic E-state index is 12.6. The van der Waals surface area contributed by atoms with E-state index in [1.54, 1.807) is 12.2 Å². The molecule has 1 aromatic carbocycles. The second-order valence-corrected chi connectivity index (χ2v) is 7.17. The summed E-state index contributed by atoms with van der Waals surface area (Å²) in [7, 11) is -3.78. The number of sulfonamides is 1. The quantitative estimate of drug-likeness (QED) is 0.369. The fourth-order valence-electron chi connectivity index (χ4n) is 2.46. The number of allylic oxidation sites excluding steroid dienone is 2. The highest BCUT2D eigenvalue weighted by atomic mass is 35.5. The first kappa shape index (κ1) is 14.1. The molecular weight excluding hydrogens is 316 g/mol. The smallest absolute Gasteiger partial charge is 0.265 e. The molecule has 0 saturated heterocycles. The topological polar surface area (TPSA) is 80.5 Å². The number of rotatable bonds is 3. The van der Waals surface area contributed by atoms with Crippen LogP contribution in [0.1, 0.15) is 0 Å². The fraction of sp³-hybridized carbons (Fsp3) is 0.231. The van der Waals surface area contributed by atoms with Crippen LogP contribution in [0.2, 0.25) is 0 Å². The Morgan fingerprint density at radius 1 is 1.14 bits per heavy atom. The lowest BCUT2D eigenvalue weighted by Crippen LogP contribution is -2.42. The van der Waals surface area contributed by atoms with Crippen molar-refractivity contribution in [1.29, 1.82) is 0 Å². The highest BCUT2D eigenvalue weighted by molar-refractivity contribution is 7.89. The number of hydrogen-bond acceptors (Lipinski definition) is 4. The van der Waals surface area contributed by atoms with Crippen molar-refractivity contribution >= 4 is 27.3 Å².